The van der Waals surface area contributed by atoms with Crippen LogP contribution in [-0.4, -0.2) is 29.4 Å². The van der Waals surface area contributed by atoms with E-state index in [1.165, 1.54) is 11.3 Å². The Morgan fingerprint density at radius 1 is 1.16 bits per heavy atom. The lowest BCUT2D eigenvalue weighted by molar-refractivity contribution is 0.00578. The average molecular weight is 282 g/mol. The molecule has 1 aromatic rings. The van der Waals surface area contributed by atoms with E-state index in [-0.39, 0.29) is 0 Å². The van der Waals surface area contributed by atoms with Crippen molar-refractivity contribution in [3.05, 3.63) is 15.3 Å². The highest BCUT2D eigenvalue weighted by Crippen LogP contribution is 2.37. The molecule has 6 heteroatoms. The summed E-state index contributed by atoms with van der Waals surface area (Å²) in [7, 11) is -0.610. The molecule has 104 valence electrons. The standard InChI is InChI=1S/C13H19BO4S/c1-7-8(2)19-10(11(15)16)9(7)14-17-12(3,4)13(5,6)18-14/h1-6H3,(H,15,16). The molecule has 0 bridgehead atoms. The molecule has 1 fully saturated rings. The summed E-state index contributed by atoms with van der Waals surface area (Å²) in [6.07, 6.45) is 0. The molecule has 0 saturated carbocycles. The van der Waals surface area contributed by atoms with E-state index in [1.54, 1.807) is 0 Å². The summed E-state index contributed by atoms with van der Waals surface area (Å²) in [4.78, 5) is 12.7. The van der Waals surface area contributed by atoms with Crippen molar-refractivity contribution in [2.75, 3.05) is 0 Å². The molecule has 0 atom stereocenters. The number of aryl methyl sites for hydroxylation is 1. The van der Waals surface area contributed by atoms with Gasteiger partial charge in [0.25, 0.3) is 0 Å². The summed E-state index contributed by atoms with van der Waals surface area (Å²) in [6, 6.07) is 0. The van der Waals surface area contributed by atoms with Crippen molar-refractivity contribution in [1.82, 2.24) is 0 Å². The lowest BCUT2D eigenvalue weighted by atomic mass is 9.76. The second kappa shape index (κ2) is 4.33. The van der Waals surface area contributed by atoms with Crippen LogP contribution in [0.1, 0.15) is 47.8 Å². The normalized spacial score (nSPS) is 20.8. The zero-order valence-corrected chi connectivity index (χ0v) is 13.0. The largest absolute Gasteiger partial charge is 0.496 e. The zero-order valence-electron chi connectivity index (χ0n) is 12.2. The number of rotatable bonds is 2. The third-order valence-electron chi connectivity index (χ3n) is 4.12. The van der Waals surface area contributed by atoms with Crippen LogP contribution >= 0.6 is 11.3 Å². The van der Waals surface area contributed by atoms with Crippen LogP contribution in [0.2, 0.25) is 0 Å². The van der Waals surface area contributed by atoms with Crippen LogP contribution in [0, 0.1) is 13.8 Å². The van der Waals surface area contributed by atoms with Crippen molar-refractivity contribution < 1.29 is 19.2 Å². The Morgan fingerprint density at radius 3 is 2.05 bits per heavy atom. The molecule has 0 amide bonds. The maximum atomic E-state index is 11.4. The Morgan fingerprint density at radius 2 is 1.63 bits per heavy atom. The predicted octanol–water partition coefficient (Wildman–Crippen LogP) is 2.36. The van der Waals surface area contributed by atoms with E-state index < -0.39 is 24.3 Å². The number of hydrogen-bond acceptors (Lipinski definition) is 4. The number of thiophene rings is 1. The molecule has 1 N–H and O–H groups in total. The molecule has 2 rings (SSSR count). The summed E-state index contributed by atoms with van der Waals surface area (Å²) in [5.74, 6) is -0.925. The first-order valence-electron chi connectivity index (χ1n) is 6.25. The summed E-state index contributed by atoms with van der Waals surface area (Å²) in [6.45, 7) is 11.7. The van der Waals surface area contributed by atoms with Gasteiger partial charge in [-0.1, -0.05) is 0 Å². The van der Waals surface area contributed by atoms with Crippen molar-refractivity contribution in [1.29, 1.82) is 0 Å². The highest BCUT2D eigenvalue weighted by molar-refractivity contribution is 7.15. The third kappa shape index (κ3) is 2.22. The molecule has 2 heterocycles. The smallest absolute Gasteiger partial charge is 0.477 e. The van der Waals surface area contributed by atoms with Crippen LogP contribution in [-0.2, 0) is 9.31 Å². The van der Waals surface area contributed by atoms with E-state index in [4.69, 9.17) is 9.31 Å². The SMILES string of the molecule is Cc1sc(C(=O)O)c(B2OC(C)(C)C(C)(C)O2)c1C. The first-order chi connectivity index (χ1) is 8.57. The minimum Gasteiger partial charge on any atom is -0.477 e. The van der Waals surface area contributed by atoms with Gasteiger partial charge < -0.3 is 14.4 Å². The number of carboxylic acid groups (broad SMARTS) is 1. The van der Waals surface area contributed by atoms with Gasteiger partial charge in [-0.2, -0.15) is 0 Å². The van der Waals surface area contributed by atoms with Crippen molar-refractivity contribution in [3.8, 4) is 0 Å². The lowest BCUT2D eigenvalue weighted by Gasteiger charge is -2.32. The average Bonchev–Trinajstić information content (AvgIpc) is 2.63. The Balaban J connectivity index is 2.48. The Bertz CT molecular complexity index is 517. The van der Waals surface area contributed by atoms with Gasteiger partial charge in [-0.3, -0.25) is 0 Å². The van der Waals surface area contributed by atoms with Crippen molar-refractivity contribution >= 4 is 29.9 Å². The van der Waals surface area contributed by atoms with Gasteiger partial charge in [-0.05, 0) is 47.1 Å². The van der Waals surface area contributed by atoms with Crippen molar-refractivity contribution in [2.45, 2.75) is 52.7 Å². The van der Waals surface area contributed by atoms with Gasteiger partial charge in [0.2, 0.25) is 0 Å². The second-order valence-electron chi connectivity index (χ2n) is 5.92. The van der Waals surface area contributed by atoms with Gasteiger partial charge in [0, 0.05) is 10.3 Å². The van der Waals surface area contributed by atoms with E-state index in [0.29, 0.717) is 10.3 Å². The maximum Gasteiger partial charge on any atom is 0.496 e. The molecule has 0 aliphatic carbocycles. The molecule has 0 spiro atoms. The van der Waals surface area contributed by atoms with E-state index in [0.717, 1.165) is 10.4 Å². The molecular formula is C13H19BO4S. The summed E-state index contributed by atoms with van der Waals surface area (Å²) in [5, 5.41) is 9.32. The fourth-order valence-electron chi connectivity index (χ4n) is 2.05. The number of aromatic carboxylic acids is 1. The molecular weight excluding hydrogens is 263 g/mol. The van der Waals surface area contributed by atoms with Crippen LogP contribution in [0.4, 0.5) is 0 Å². The summed E-state index contributed by atoms with van der Waals surface area (Å²) < 4.78 is 11.9. The molecule has 4 nitrogen and oxygen atoms in total. The molecule has 1 aromatic heterocycles. The maximum absolute atomic E-state index is 11.4. The van der Waals surface area contributed by atoms with Crippen LogP contribution in [0.5, 0.6) is 0 Å². The molecule has 1 aliphatic heterocycles. The monoisotopic (exact) mass is 282 g/mol. The highest BCUT2D eigenvalue weighted by atomic mass is 32.1. The van der Waals surface area contributed by atoms with Gasteiger partial charge in [-0.15, -0.1) is 11.3 Å². The first-order valence-corrected chi connectivity index (χ1v) is 7.07. The predicted molar refractivity (Wildman–Crippen MR) is 76.5 cm³/mol. The lowest BCUT2D eigenvalue weighted by Crippen LogP contribution is -2.41. The van der Waals surface area contributed by atoms with Crippen LogP contribution in [0.25, 0.3) is 0 Å². The Kier molecular flexibility index (Phi) is 3.32. The Hall–Kier alpha value is -0.845. The fraction of sp³-hybridized carbons (Fsp3) is 0.615. The van der Waals surface area contributed by atoms with Gasteiger partial charge in [0.15, 0.2) is 0 Å². The van der Waals surface area contributed by atoms with Crippen LogP contribution in [0.3, 0.4) is 0 Å². The topological polar surface area (TPSA) is 55.8 Å². The third-order valence-corrected chi connectivity index (χ3v) is 5.33. The molecule has 19 heavy (non-hydrogen) atoms. The molecule has 0 unspecified atom stereocenters. The highest BCUT2D eigenvalue weighted by Gasteiger charge is 2.53. The molecule has 1 aliphatic rings. The second-order valence-corrected chi connectivity index (χ2v) is 7.14. The minimum absolute atomic E-state index is 0.313. The fourth-order valence-corrected chi connectivity index (χ4v) is 3.06. The van der Waals surface area contributed by atoms with Crippen LogP contribution < -0.4 is 5.46 Å². The molecule has 0 radical (unpaired) electrons. The van der Waals surface area contributed by atoms with E-state index in [9.17, 15) is 9.90 Å². The van der Waals surface area contributed by atoms with Gasteiger partial charge in [-0.25, -0.2) is 4.79 Å². The van der Waals surface area contributed by atoms with Gasteiger partial charge in [0.1, 0.15) is 4.88 Å². The quantitative estimate of drug-likeness (QED) is 0.846. The summed E-state index contributed by atoms with van der Waals surface area (Å²) in [5.41, 5.74) is 0.681. The molecule has 0 aromatic carbocycles. The zero-order chi connectivity index (χ0) is 14.6. The van der Waals surface area contributed by atoms with E-state index >= 15 is 0 Å². The minimum atomic E-state index is -0.925. The van der Waals surface area contributed by atoms with Crippen molar-refractivity contribution in [2.24, 2.45) is 0 Å². The number of carboxylic acids is 1. The summed E-state index contributed by atoms with van der Waals surface area (Å²) >= 11 is 1.28. The number of hydrogen-bond donors (Lipinski definition) is 1. The van der Waals surface area contributed by atoms with Crippen molar-refractivity contribution in [3.63, 3.8) is 0 Å². The van der Waals surface area contributed by atoms with E-state index in [1.807, 2.05) is 41.5 Å². The first kappa shape index (κ1) is 14.6. The molecule has 1 saturated heterocycles. The Labute approximate surface area is 117 Å². The van der Waals surface area contributed by atoms with Gasteiger partial charge >= 0.3 is 13.1 Å². The van der Waals surface area contributed by atoms with E-state index in [2.05, 4.69) is 0 Å². The van der Waals surface area contributed by atoms with Gasteiger partial charge in [0.05, 0.1) is 11.2 Å². The number of carbonyl (C=O) groups is 1. The van der Waals surface area contributed by atoms with Crippen LogP contribution in [0.15, 0.2) is 0 Å².